The topological polar surface area (TPSA) is 120 Å². The Morgan fingerprint density at radius 2 is 2.03 bits per heavy atom. The first-order chi connectivity index (χ1) is 14.3. The first kappa shape index (κ1) is 22.3. The van der Waals surface area contributed by atoms with Crippen LogP contribution in [0.2, 0.25) is 0 Å². The quantitative estimate of drug-likeness (QED) is 0.471. The highest BCUT2D eigenvalue weighted by Gasteiger charge is 2.33. The van der Waals surface area contributed by atoms with Gasteiger partial charge < -0.3 is 25.5 Å². The van der Waals surface area contributed by atoms with Crippen LogP contribution in [0.4, 0.5) is 0 Å². The molecule has 0 radical (unpaired) electrons. The minimum absolute atomic E-state index is 0.0434. The van der Waals surface area contributed by atoms with E-state index in [2.05, 4.69) is 21.9 Å². The summed E-state index contributed by atoms with van der Waals surface area (Å²) in [6.07, 6.45) is 2.65. The van der Waals surface area contributed by atoms with Crippen LogP contribution in [0.3, 0.4) is 0 Å². The minimum Gasteiger partial charge on any atom is -0.426 e. The van der Waals surface area contributed by atoms with Crippen molar-refractivity contribution in [3.05, 3.63) is 35.4 Å². The minimum atomic E-state index is -1.64. The summed E-state index contributed by atoms with van der Waals surface area (Å²) in [6.45, 7) is 4.09. The fraction of sp³-hybridized carbons (Fsp3) is 0.571. The maximum Gasteiger partial charge on any atom is 0.475 e. The molecule has 3 atom stereocenters. The van der Waals surface area contributed by atoms with Gasteiger partial charge in [-0.15, -0.1) is 0 Å². The maximum atomic E-state index is 12.7. The lowest BCUT2D eigenvalue weighted by atomic mass is 9.75. The molecule has 0 saturated carbocycles. The summed E-state index contributed by atoms with van der Waals surface area (Å²) in [5, 5.41) is 28.4. The summed E-state index contributed by atoms with van der Waals surface area (Å²) in [6, 6.07) is 8.04. The number of carbonyl (C=O) groups excluding carboxylic acids is 2. The summed E-state index contributed by atoms with van der Waals surface area (Å²) < 4.78 is 0. The molecule has 0 aromatic heterocycles. The fourth-order valence-electron chi connectivity index (χ4n) is 4.05. The van der Waals surface area contributed by atoms with Gasteiger partial charge in [-0.2, -0.15) is 0 Å². The SMILES string of the molecule is CC(C)CC(NC(=O)C1CC(CNC(=O)C2CCCc3ccccc32)=NO1)B(O)O. The Labute approximate surface area is 177 Å². The molecule has 162 valence electrons. The van der Waals surface area contributed by atoms with Crippen LogP contribution in [0.15, 0.2) is 29.4 Å². The van der Waals surface area contributed by atoms with E-state index in [1.54, 1.807) is 0 Å². The molecule has 2 amide bonds. The number of nitrogens with one attached hydrogen (secondary N) is 2. The van der Waals surface area contributed by atoms with E-state index >= 15 is 0 Å². The van der Waals surface area contributed by atoms with E-state index in [0.717, 1.165) is 24.8 Å². The van der Waals surface area contributed by atoms with Crippen molar-refractivity contribution in [1.29, 1.82) is 0 Å². The highest BCUT2D eigenvalue weighted by molar-refractivity contribution is 6.43. The lowest BCUT2D eigenvalue weighted by Gasteiger charge is -2.24. The molecule has 1 aromatic rings. The average molecular weight is 415 g/mol. The van der Waals surface area contributed by atoms with E-state index in [1.807, 2.05) is 32.0 Å². The van der Waals surface area contributed by atoms with Crippen LogP contribution in [0.25, 0.3) is 0 Å². The highest BCUT2D eigenvalue weighted by Crippen LogP contribution is 2.31. The van der Waals surface area contributed by atoms with Gasteiger partial charge in [-0.1, -0.05) is 43.3 Å². The Kier molecular flexibility index (Phi) is 7.50. The molecule has 0 saturated heterocycles. The first-order valence-electron chi connectivity index (χ1n) is 10.6. The fourth-order valence-corrected chi connectivity index (χ4v) is 4.05. The number of amides is 2. The van der Waals surface area contributed by atoms with Gasteiger partial charge in [0.05, 0.1) is 24.1 Å². The molecule has 0 bridgehead atoms. The Hall–Kier alpha value is -2.39. The third-order valence-electron chi connectivity index (χ3n) is 5.59. The molecule has 1 heterocycles. The smallest absolute Gasteiger partial charge is 0.426 e. The summed E-state index contributed by atoms with van der Waals surface area (Å²) in [5.41, 5.74) is 2.89. The molecule has 0 fully saturated rings. The predicted octanol–water partition coefficient (Wildman–Crippen LogP) is 0.910. The summed E-state index contributed by atoms with van der Waals surface area (Å²) in [7, 11) is -1.64. The maximum absolute atomic E-state index is 12.7. The van der Waals surface area contributed by atoms with Gasteiger partial charge in [0, 0.05) is 6.42 Å². The van der Waals surface area contributed by atoms with E-state index < -0.39 is 25.1 Å². The second kappa shape index (κ2) is 10.1. The number of hydrogen-bond donors (Lipinski definition) is 4. The van der Waals surface area contributed by atoms with E-state index in [9.17, 15) is 19.6 Å². The number of rotatable bonds is 8. The third-order valence-corrected chi connectivity index (χ3v) is 5.59. The largest absolute Gasteiger partial charge is 0.475 e. The van der Waals surface area contributed by atoms with Gasteiger partial charge in [0.1, 0.15) is 0 Å². The standard InChI is InChI=1S/C21H30BN3O5/c1-13(2)10-19(22(28)29)24-21(27)18-11-15(25-30-18)12-23-20(26)17-9-5-7-14-6-3-4-8-16(14)17/h3-4,6,8,13,17-19,28-29H,5,7,9-12H2,1-2H3,(H,23,26)(H,24,27). The van der Waals surface area contributed by atoms with Gasteiger partial charge in [0.15, 0.2) is 0 Å². The van der Waals surface area contributed by atoms with Gasteiger partial charge in [-0.05, 0) is 42.7 Å². The zero-order chi connectivity index (χ0) is 21.7. The highest BCUT2D eigenvalue weighted by atomic mass is 16.6. The zero-order valence-electron chi connectivity index (χ0n) is 17.5. The number of hydrogen-bond acceptors (Lipinski definition) is 6. The second-order valence-corrected chi connectivity index (χ2v) is 8.48. The van der Waals surface area contributed by atoms with Gasteiger partial charge in [0.25, 0.3) is 5.91 Å². The number of aryl methyl sites for hydroxylation is 1. The van der Waals surface area contributed by atoms with Gasteiger partial charge in [-0.25, -0.2) is 0 Å². The van der Waals surface area contributed by atoms with Crippen LogP contribution in [0.1, 0.15) is 56.6 Å². The molecular formula is C21H30BN3O5. The van der Waals surface area contributed by atoms with Crippen molar-refractivity contribution in [2.45, 2.75) is 63.9 Å². The second-order valence-electron chi connectivity index (χ2n) is 8.48. The third kappa shape index (κ3) is 5.61. The van der Waals surface area contributed by atoms with E-state index in [4.69, 9.17) is 4.84 Å². The van der Waals surface area contributed by atoms with Crippen LogP contribution in [-0.4, -0.2) is 53.3 Å². The number of fused-ring (bicyclic) bond motifs is 1. The van der Waals surface area contributed by atoms with Gasteiger partial charge >= 0.3 is 7.12 Å². The van der Waals surface area contributed by atoms with Crippen molar-refractivity contribution in [2.24, 2.45) is 11.1 Å². The molecule has 1 aliphatic carbocycles. The molecule has 3 rings (SSSR count). The van der Waals surface area contributed by atoms with E-state index in [-0.39, 0.29) is 30.7 Å². The van der Waals surface area contributed by atoms with E-state index in [1.165, 1.54) is 5.56 Å². The molecule has 30 heavy (non-hydrogen) atoms. The lowest BCUT2D eigenvalue weighted by Crippen LogP contribution is -2.50. The Morgan fingerprint density at radius 1 is 1.27 bits per heavy atom. The van der Waals surface area contributed by atoms with Crippen molar-refractivity contribution >= 4 is 24.6 Å². The average Bonchev–Trinajstić information content (AvgIpc) is 3.20. The Morgan fingerprint density at radius 3 is 2.77 bits per heavy atom. The van der Waals surface area contributed by atoms with Crippen LogP contribution in [-0.2, 0) is 20.8 Å². The molecule has 2 aliphatic rings. The molecular weight excluding hydrogens is 385 g/mol. The summed E-state index contributed by atoms with van der Waals surface area (Å²) in [4.78, 5) is 30.3. The molecule has 9 heteroatoms. The van der Waals surface area contributed by atoms with Crippen molar-refractivity contribution in [3.63, 3.8) is 0 Å². The number of nitrogens with zero attached hydrogens (tertiary/aromatic N) is 1. The van der Waals surface area contributed by atoms with Gasteiger partial charge in [0.2, 0.25) is 12.0 Å². The van der Waals surface area contributed by atoms with Crippen molar-refractivity contribution in [1.82, 2.24) is 10.6 Å². The van der Waals surface area contributed by atoms with Crippen LogP contribution in [0, 0.1) is 5.92 Å². The molecule has 0 spiro atoms. The summed E-state index contributed by atoms with van der Waals surface area (Å²) >= 11 is 0. The van der Waals surface area contributed by atoms with E-state index in [0.29, 0.717) is 12.1 Å². The normalized spacial score (nSPS) is 21.3. The van der Waals surface area contributed by atoms with Crippen molar-refractivity contribution < 1.29 is 24.5 Å². The number of carbonyl (C=O) groups is 2. The number of oxime groups is 1. The van der Waals surface area contributed by atoms with Crippen molar-refractivity contribution in [3.8, 4) is 0 Å². The summed E-state index contributed by atoms with van der Waals surface area (Å²) in [5.74, 6) is -1.23. The molecule has 4 N–H and O–H groups in total. The van der Waals surface area contributed by atoms with Crippen LogP contribution < -0.4 is 10.6 Å². The van der Waals surface area contributed by atoms with Crippen molar-refractivity contribution in [2.75, 3.05) is 6.54 Å². The molecule has 1 aromatic carbocycles. The predicted molar refractivity (Wildman–Crippen MR) is 114 cm³/mol. The Balaban J connectivity index is 1.48. The lowest BCUT2D eigenvalue weighted by molar-refractivity contribution is -0.131. The monoisotopic (exact) mass is 415 g/mol. The number of benzene rings is 1. The zero-order valence-corrected chi connectivity index (χ0v) is 17.5. The molecule has 8 nitrogen and oxygen atoms in total. The first-order valence-corrected chi connectivity index (χ1v) is 10.6. The van der Waals surface area contributed by atoms with Crippen LogP contribution in [0.5, 0.6) is 0 Å². The van der Waals surface area contributed by atoms with Gasteiger partial charge in [-0.3, -0.25) is 9.59 Å². The van der Waals surface area contributed by atoms with Crippen LogP contribution >= 0.6 is 0 Å². The molecule has 1 aliphatic heterocycles. The Bertz CT molecular complexity index is 799. The molecule has 3 unspecified atom stereocenters.